The highest BCUT2D eigenvalue weighted by molar-refractivity contribution is 5.92. The number of hydrogen-bond donors (Lipinski definition) is 2. The first-order valence-electron chi connectivity index (χ1n) is 10.9. The van der Waals surface area contributed by atoms with Gasteiger partial charge in [-0.05, 0) is 69.0 Å². The summed E-state index contributed by atoms with van der Waals surface area (Å²) in [6.45, 7) is 11.4. The number of fused-ring (bicyclic) bond motifs is 1. The second kappa shape index (κ2) is 8.53. The molecule has 0 unspecified atom stereocenters. The molecule has 0 amide bonds. The summed E-state index contributed by atoms with van der Waals surface area (Å²) in [7, 11) is 0. The molecule has 1 saturated heterocycles. The highest BCUT2D eigenvalue weighted by Crippen LogP contribution is 2.35. The third-order valence-electron chi connectivity index (χ3n) is 5.80. The number of pyridine rings is 1. The molecule has 1 atom stereocenters. The number of hydrogen-bond acceptors (Lipinski definition) is 6. The predicted molar refractivity (Wildman–Crippen MR) is 126 cm³/mol. The molecule has 4 rings (SSSR count). The van der Waals surface area contributed by atoms with Gasteiger partial charge in [-0.3, -0.25) is 0 Å². The first-order valence-corrected chi connectivity index (χ1v) is 10.9. The van der Waals surface area contributed by atoms with Gasteiger partial charge in [0.05, 0.1) is 17.0 Å². The summed E-state index contributed by atoms with van der Waals surface area (Å²) >= 11 is 0. The van der Waals surface area contributed by atoms with Gasteiger partial charge in [-0.1, -0.05) is 6.58 Å². The average Bonchev–Trinajstić information content (AvgIpc) is 3.26. The minimum atomic E-state index is -4.48. The van der Waals surface area contributed by atoms with E-state index in [0.717, 1.165) is 55.0 Å². The van der Waals surface area contributed by atoms with Crippen molar-refractivity contribution < 1.29 is 13.2 Å². The number of rotatable bonds is 5. The maximum Gasteiger partial charge on any atom is 0.416 e. The van der Waals surface area contributed by atoms with Crippen LogP contribution in [-0.4, -0.2) is 28.0 Å². The third kappa shape index (κ3) is 4.72. The molecule has 1 fully saturated rings. The minimum absolute atomic E-state index is 0.0543. The lowest BCUT2D eigenvalue weighted by molar-refractivity contribution is -0.137. The second-order valence-corrected chi connectivity index (χ2v) is 8.58. The molecule has 174 valence electrons. The molecular weight excluding hydrogens is 429 g/mol. The molecule has 2 aromatic heterocycles. The van der Waals surface area contributed by atoms with E-state index >= 15 is 0 Å². The van der Waals surface area contributed by atoms with Gasteiger partial charge in [-0.15, -0.1) is 0 Å². The Balaban J connectivity index is 1.77. The Morgan fingerprint density at radius 1 is 1.12 bits per heavy atom. The first-order chi connectivity index (χ1) is 15.5. The van der Waals surface area contributed by atoms with Gasteiger partial charge in [0.15, 0.2) is 5.65 Å². The van der Waals surface area contributed by atoms with Crippen molar-refractivity contribution in [3.05, 3.63) is 53.4 Å². The van der Waals surface area contributed by atoms with Crippen LogP contribution in [0.5, 0.6) is 0 Å². The molecule has 3 N–H and O–H groups in total. The molecule has 1 aliphatic heterocycles. The van der Waals surface area contributed by atoms with Crippen LogP contribution < -0.4 is 16.0 Å². The van der Waals surface area contributed by atoms with Gasteiger partial charge in [-0.25, -0.2) is 15.0 Å². The molecule has 1 aliphatic rings. The van der Waals surface area contributed by atoms with Crippen molar-refractivity contribution in [2.45, 2.75) is 45.8 Å². The quantitative estimate of drug-likeness (QED) is 0.477. The smallest absolute Gasteiger partial charge is 0.399 e. The number of anilines is 3. The standard InChI is InChI=1S/C24H27F3N6/c1-13(2)19-12-20-21(29-14(3)16-9-17(24(25,26)27)11-18(28)10-16)30-15(4)31-22(20)32-23(19)33-7-5-6-8-33/h9-12,14H,1,5-8,28H2,2-4H3,(H,29,30,31,32)/t14-/m1/s1. The Hall–Kier alpha value is -3.36. The highest BCUT2D eigenvalue weighted by atomic mass is 19.4. The van der Waals surface area contributed by atoms with Crippen molar-refractivity contribution in [3.8, 4) is 0 Å². The van der Waals surface area contributed by atoms with E-state index in [9.17, 15) is 13.2 Å². The lowest BCUT2D eigenvalue weighted by Crippen LogP contribution is -2.21. The Morgan fingerprint density at radius 2 is 1.82 bits per heavy atom. The van der Waals surface area contributed by atoms with E-state index in [4.69, 9.17) is 10.7 Å². The SMILES string of the molecule is C=C(C)c1cc2c(N[C@H](C)c3cc(N)cc(C(F)(F)F)c3)nc(C)nc2nc1N1CCCC1. The molecule has 3 heterocycles. The Morgan fingerprint density at radius 3 is 2.45 bits per heavy atom. The van der Waals surface area contributed by atoms with Crippen molar-refractivity contribution >= 4 is 33.9 Å². The van der Waals surface area contributed by atoms with Crippen LogP contribution in [0.2, 0.25) is 0 Å². The van der Waals surface area contributed by atoms with Crippen LogP contribution in [-0.2, 0) is 6.18 Å². The third-order valence-corrected chi connectivity index (χ3v) is 5.80. The fourth-order valence-corrected chi connectivity index (χ4v) is 4.13. The molecule has 33 heavy (non-hydrogen) atoms. The maximum absolute atomic E-state index is 13.3. The van der Waals surface area contributed by atoms with E-state index in [1.165, 1.54) is 6.07 Å². The van der Waals surface area contributed by atoms with E-state index in [1.807, 2.05) is 13.0 Å². The molecule has 9 heteroatoms. The van der Waals surface area contributed by atoms with Crippen LogP contribution >= 0.6 is 0 Å². The van der Waals surface area contributed by atoms with Gasteiger partial charge in [0.25, 0.3) is 0 Å². The Bertz CT molecular complexity index is 1220. The summed E-state index contributed by atoms with van der Waals surface area (Å²) in [6.07, 6.45) is -2.25. The summed E-state index contributed by atoms with van der Waals surface area (Å²) in [6, 6.07) is 5.05. The number of benzene rings is 1. The van der Waals surface area contributed by atoms with Crippen molar-refractivity contribution in [1.82, 2.24) is 15.0 Å². The number of allylic oxidation sites excluding steroid dienone is 1. The van der Waals surface area contributed by atoms with Crippen LogP contribution in [0.15, 0.2) is 30.8 Å². The van der Waals surface area contributed by atoms with Crippen LogP contribution in [0.4, 0.5) is 30.5 Å². The lowest BCUT2D eigenvalue weighted by Gasteiger charge is -2.22. The average molecular weight is 457 g/mol. The lowest BCUT2D eigenvalue weighted by atomic mass is 10.0. The van der Waals surface area contributed by atoms with Gasteiger partial charge < -0.3 is 16.0 Å². The molecule has 0 bridgehead atoms. The molecule has 3 aromatic rings. The van der Waals surface area contributed by atoms with E-state index in [2.05, 4.69) is 26.8 Å². The number of halogens is 3. The predicted octanol–water partition coefficient (Wildman–Crippen LogP) is 5.74. The number of nitrogen functional groups attached to an aromatic ring is 1. The molecule has 0 radical (unpaired) electrons. The van der Waals surface area contributed by atoms with Gasteiger partial charge in [0, 0.05) is 24.3 Å². The number of aryl methyl sites for hydroxylation is 1. The fourth-order valence-electron chi connectivity index (χ4n) is 4.13. The first kappa shape index (κ1) is 22.8. The zero-order chi connectivity index (χ0) is 23.9. The number of nitrogens with zero attached hydrogens (tertiary/aromatic N) is 4. The van der Waals surface area contributed by atoms with Crippen LogP contribution in [0.1, 0.15) is 55.2 Å². The summed E-state index contributed by atoms with van der Waals surface area (Å²) in [5.74, 6) is 1.88. The van der Waals surface area contributed by atoms with Gasteiger partial charge in [0.2, 0.25) is 0 Å². The minimum Gasteiger partial charge on any atom is -0.399 e. The zero-order valence-corrected chi connectivity index (χ0v) is 18.9. The summed E-state index contributed by atoms with van der Waals surface area (Å²) < 4.78 is 39.8. The number of nitrogens with one attached hydrogen (secondary N) is 1. The summed E-state index contributed by atoms with van der Waals surface area (Å²) in [5.41, 5.74) is 7.76. The van der Waals surface area contributed by atoms with Crippen LogP contribution in [0.3, 0.4) is 0 Å². The topological polar surface area (TPSA) is 80.0 Å². The largest absolute Gasteiger partial charge is 0.416 e. The van der Waals surface area contributed by atoms with E-state index in [-0.39, 0.29) is 5.69 Å². The van der Waals surface area contributed by atoms with Crippen molar-refractivity contribution in [2.75, 3.05) is 29.0 Å². The number of alkyl halides is 3. The Labute approximate surface area is 190 Å². The number of nitrogens with two attached hydrogens (primary N) is 1. The van der Waals surface area contributed by atoms with Gasteiger partial charge >= 0.3 is 6.18 Å². The summed E-state index contributed by atoms with van der Waals surface area (Å²) in [5, 5.41) is 3.93. The Kier molecular flexibility index (Phi) is 5.90. The second-order valence-electron chi connectivity index (χ2n) is 8.58. The van der Waals surface area contributed by atoms with E-state index < -0.39 is 17.8 Å². The monoisotopic (exact) mass is 456 g/mol. The molecule has 1 aromatic carbocycles. The van der Waals surface area contributed by atoms with Crippen molar-refractivity contribution in [1.29, 1.82) is 0 Å². The molecule has 0 aliphatic carbocycles. The van der Waals surface area contributed by atoms with Crippen LogP contribution in [0, 0.1) is 6.92 Å². The highest BCUT2D eigenvalue weighted by Gasteiger charge is 2.31. The van der Waals surface area contributed by atoms with E-state index in [1.54, 1.807) is 13.8 Å². The van der Waals surface area contributed by atoms with Crippen molar-refractivity contribution in [2.24, 2.45) is 0 Å². The van der Waals surface area contributed by atoms with Gasteiger partial charge in [0.1, 0.15) is 17.5 Å². The van der Waals surface area contributed by atoms with Crippen LogP contribution in [0.25, 0.3) is 16.6 Å². The molecular formula is C24H27F3N6. The van der Waals surface area contributed by atoms with Gasteiger partial charge in [-0.2, -0.15) is 13.2 Å². The maximum atomic E-state index is 13.3. The number of aromatic nitrogens is 3. The molecule has 0 saturated carbocycles. The summed E-state index contributed by atoms with van der Waals surface area (Å²) in [4.78, 5) is 16.1. The van der Waals surface area contributed by atoms with Crippen molar-refractivity contribution in [3.63, 3.8) is 0 Å². The normalized spacial score (nSPS) is 15.2. The van der Waals surface area contributed by atoms with E-state index in [0.29, 0.717) is 28.2 Å². The fraction of sp³-hybridized carbons (Fsp3) is 0.375. The zero-order valence-electron chi connectivity index (χ0n) is 18.9. The molecule has 6 nitrogen and oxygen atoms in total. The molecule has 0 spiro atoms.